The van der Waals surface area contributed by atoms with Gasteiger partial charge in [0.05, 0.1) is 17.2 Å². The number of rotatable bonds is 2. The van der Waals surface area contributed by atoms with Crippen LogP contribution in [0.2, 0.25) is 0 Å². The molecule has 78 valence electrons. The lowest BCUT2D eigenvalue weighted by molar-refractivity contribution is 0.101. The van der Waals surface area contributed by atoms with Crippen LogP contribution in [0.1, 0.15) is 34.8 Å². The molecule has 0 radical (unpaired) electrons. The Morgan fingerprint density at radius 3 is 2.53 bits per heavy atom. The summed E-state index contributed by atoms with van der Waals surface area (Å²) in [7, 11) is 0. The summed E-state index contributed by atoms with van der Waals surface area (Å²) in [4.78, 5) is 10.9. The minimum Gasteiger partial charge on any atom is -0.507 e. The molecule has 0 aliphatic rings. The average molecular weight is 211 g/mol. The van der Waals surface area contributed by atoms with Gasteiger partial charge in [-0.15, -0.1) is 0 Å². The Labute approximate surface area is 84.6 Å². The number of benzene rings is 1. The number of carbonyl (C=O) groups excluding carboxylic acids is 1. The van der Waals surface area contributed by atoms with Crippen molar-refractivity contribution in [2.45, 2.75) is 13.3 Å². The van der Waals surface area contributed by atoms with Crippen LogP contribution in [0.15, 0.2) is 12.1 Å². The van der Waals surface area contributed by atoms with Crippen molar-refractivity contribution in [3.63, 3.8) is 0 Å². The van der Waals surface area contributed by atoms with Gasteiger partial charge in [0.2, 0.25) is 0 Å². The topological polar surface area (TPSA) is 61.1 Å². The molecule has 15 heavy (non-hydrogen) atoms. The SMILES string of the molecule is CC(=O)c1cc(O)c(C(F)F)c(C#N)c1. The number of nitrogens with zero attached hydrogens (tertiary/aromatic N) is 1. The first kappa shape index (κ1) is 11.1. The monoisotopic (exact) mass is 211 g/mol. The van der Waals surface area contributed by atoms with Crippen LogP contribution >= 0.6 is 0 Å². The minimum absolute atomic E-state index is 0.0356. The first-order valence-electron chi connectivity index (χ1n) is 4.03. The molecule has 0 bridgehead atoms. The Kier molecular flexibility index (Phi) is 3.00. The molecular formula is C10H7F2NO2. The summed E-state index contributed by atoms with van der Waals surface area (Å²) in [6.07, 6.45) is -2.94. The molecule has 0 aliphatic carbocycles. The van der Waals surface area contributed by atoms with E-state index in [-0.39, 0.29) is 11.1 Å². The van der Waals surface area contributed by atoms with Crippen molar-refractivity contribution < 1.29 is 18.7 Å². The maximum atomic E-state index is 12.4. The van der Waals surface area contributed by atoms with Gasteiger partial charge in [0, 0.05) is 5.56 Å². The highest BCUT2D eigenvalue weighted by atomic mass is 19.3. The number of nitriles is 1. The van der Waals surface area contributed by atoms with Crippen molar-refractivity contribution >= 4 is 5.78 Å². The van der Waals surface area contributed by atoms with Gasteiger partial charge in [-0.3, -0.25) is 4.79 Å². The molecule has 1 N–H and O–H groups in total. The Balaban J connectivity index is 3.46. The van der Waals surface area contributed by atoms with Gasteiger partial charge in [0.15, 0.2) is 5.78 Å². The molecule has 3 nitrogen and oxygen atoms in total. The second-order valence-electron chi connectivity index (χ2n) is 2.93. The van der Waals surface area contributed by atoms with E-state index in [0.29, 0.717) is 0 Å². The van der Waals surface area contributed by atoms with Crippen LogP contribution in [0.25, 0.3) is 0 Å². The Morgan fingerprint density at radius 2 is 2.13 bits per heavy atom. The Hall–Kier alpha value is -1.96. The molecule has 5 heteroatoms. The molecule has 1 rings (SSSR count). The average Bonchev–Trinajstić information content (AvgIpc) is 2.15. The fourth-order valence-electron chi connectivity index (χ4n) is 1.16. The van der Waals surface area contributed by atoms with Crippen LogP contribution < -0.4 is 0 Å². The molecule has 0 heterocycles. The smallest absolute Gasteiger partial charge is 0.268 e. The highest BCUT2D eigenvalue weighted by Gasteiger charge is 2.19. The largest absolute Gasteiger partial charge is 0.507 e. The molecule has 0 saturated carbocycles. The number of carbonyl (C=O) groups is 1. The van der Waals surface area contributed by atoms with Crippen molar-refractivity contribution in [3.05, 3.63) is 28.8 Å². The van der Waals surface area contributed by atoms with Gasteiger partial charge in [0.25, 0.3) is 6.43 Å². The van der Waals surface area contributed by atoms with E-state index in [4.69, 9.17) is 5.26 Å². The normalized spacial score (nSPS) is 10.1. The summed E-state index contributed by atoms with van der Waals surface area (Å²) in [5.74, 6) is -1.13. The molecule has 0 aromatic heterocycles. The zero-order chi connectivity index (χ0) is 11.6. The lowest BCUT2D eigenvalue weighted by Gasteiger charge is -2.07. The highest BCUT2D eigenvalue weighted by Crippen LogP contribution is 2.32. The zero-order valence-corrected chi connectivity index (χ0v) is 7.79. The summed E-state index contributed by atoms with van der Waals surface area (Å²) in [5.41, 5.74) is -1.08. The molecule has 1 aromatic carbocycles. The van der Waals surface area contributed by atoms with Crippen LogP contribution in [0.4, 0.5) is 8.78 Å². The van der Waals surface area contributed by atoms with E-state index in [1.54, 1.807) is 0 Å². The molecule has 1 aromatic rings. The number of phenolic OH excluding ortho intramolecular Hbond substituents is 1. The van der Waals surface area contributed by atoms with Gasteiger partial charge in [-0.1, -0.05) is 0 Å². The number of ketones is 1. The van der Waals surface area contributed by atoms with Gasteiger partial charge in [0.1, 0.15) is 5.75 Å². The lowest BCUT2D eigenvalue weighted by atomic mass is 10.0. The fourth-order valence-corrected chi connectivity index (χ4v) is 1.16. The second kappa shape index (κ2) is 4.05. The highest BCUT2D eigenvalue weighted by molar-refractivity contribution is 5.95. The van der Waals surface area contributed by atoms with Gasteiger partial charge < -0.3 is 5.11 Å². The standard InChI is InChI=1S/C10H7F2NO2/c1-5(14)6-2-7(4-13)9(10(11)12)8(15)3-6/h2-3,10,15H,1H3. The Morgan fingerprint density at radius 1 is 1.53 bits per heavy atom. The number of hydrogen-bond donors (Lipinski definition) is 1. The van der Waals surface area contributed by atoms with E-state index in [0.717, 1.165) is 12.1 Å². The number of Topliss-reactive ketones (excluding diaryl/α,β-unsaturated/α-hetero) is 1. The fraction of sp³-hybridized carbons (Fsp3) is 0.200. The van der Waals surface area contributed by atoms with Crippen LogP contribution in [-0.2, 0) is 0 Å². The number of hydrogen-bond acceptors (Lipinski definition) is 3. The van der Waals surface area contributed by atoms with Gasteiger partial charge in [-0.25, -0.2) is 8.78 Å². The van der Waals surface area contributed by atoms with Crippen LogP contribution in [0.5, 0.6) is 5.75 Å². The summed E-state index contributed by atoms with van der Waals surface area (Å²) in [6, 6.07) is 3.50. The van der Waals surface area contributed by atoms with Crippen molar-refractivity contribution in [2.75, 3.05) is 0 Å². The third-order valence-electron chi connectivity index (χ3n) is 1.90. The maximum Gasteiger partial charge on any atom is 0.268 e. The number of phenols is 1. The summed E-state index contributed by atoms with van der Waals surface area (Å²) in [6.45, 7) is 1.22. The first-order chi connectivity index (χ1) is 6.97. The van der Waals surface area contributed by atoms with Gasteiger partial charge in [-0.2, -0.15) is 5.26 Å². The van der Waals surface area contributed by atoms with E-state index in [1.807, 2.05) is 0 Å². The van der Waals surface area contributed by atoms with E-state index in [9.17, 15) is 18.7 Å². The summed E-state index contributed by atoms with van der Waals surface area (Å²) < 4.78 is 24.8. The quantitative estimate of drug-likeness (QED) is 0.764. The van der Waals surface area contributed by atoms with Crippen LogP contribution in [0.3, 0.4) is 0 Å². The molecule has 0 spiro atoms. The van der Waals surface area contributed by atoms with Crippen molar-refractivity contribution in [3.8, 4) is 11.8 Å². The number of alkyl halides is 2. The van der Waals surface area contributed by atoms with Crippen molar-refractivity contribution in [2.24, 2.45) is 0 Å². The summed E-state index contributed by atoms with van der Waals surface area (Å²) >= 11 is 0. The molecular weight excluding hydrogens is 204 g/mol. The van der Waals surface area contributed by atoms with Gasteiger partial charge >= 0.3 is 0 Å². The lowest BCUT2D eigenvalue weighted by Crippen LogP contribution is -1.98. The molecule has 0 atom stereocenters. The van der Waals surface area contributed by atoms with Crippen LogP contribution in [0, 0.1) is 11.3 Å². The predicted molar refractivity (Wildman–Crippen MR) is 47.8 cm³/mol. The predicted octanol–water partition coefficient (Wildman–Crippen LogP) is 2.40. The maximum absolute atomic E-state index is 12.4. The zero-order valence-electron chi connectivity index (χ0n) is 7.79. The minimum atomic E-state index is -2.94. The molecule has 0 saturated heterocycles. The Bertz CT molecular complexity index is 449. The van der Waals surface area contributed by atoms with E-state index < -0.39 is 23.5 Å². The van der Waals surface area contributed by atoms with E-state index >= 15 is 0 Å². The summed E-state index contributed by atoms with van der Waals surface area (Å²) in [5, 5.41) is 17.8. The first-order valence-corrected chi connectivity index (χ1v) is 4.03. The van der Waals surface area contributed by atoms with Crippen molar-refractivity contribution in [1.29, 1.82) is 5.26 Å². The third-order valence-corrected chi connectivity index (χ3v) is 1.90. The molecule has 0 aliphatic heterocycles. The van der Waals surface area contributed by atoms with Crippen LogP contribution in [-0.4, -0.2) is 10.9 Å². The molecule has 0 unspecified atom stereocenters. The van der Waals surface area contributed by atoms with Gasteiger partial charge in [-0.05, 0) is 19.1 Å². The van der Waals surface area contributed by atoms with E-state index in [1.165, 1.54) is 13.0 Å². The number of aromatic hydroxyl groups is 1. The van der Waals surface area contributed by atoms with E-state index in [2.05, 4.69) is 0 Å². The molecule has 0 fully saturated rings. The second-order valence-corrected chi connectivity index (χ2v) is 2.93. The third kappa shape index (κ3) is 2.10. The van der Waals surface area contributed by atoms with Crippen molar-refractivity contribution in [1.82, 2.24) is 0 Å². The molecule has 0 amide bonds. The number of halogens is 2.